The van der Waals surface area contributed by atoms with Crippen LogP contribution < -0.4 is 0 Å². The number of carbonyl (C=O) groups is 1. The van der Waals surface area contributed by atoms with Gasteiger partial charge in [0.25, 0.3) is 0 Å². The van der Waals surface area contributed by atoms with Crippen LogP contribution in [0.1, 0.15) is 12.5 Å². The average Bonchev–Trinajstić information content (AvgIpc) is 2.57. The molecule has 0 radical (unpaired) electrons. The van der Waals surface area contributed by atoms with Crippen molar-refractivity contribution < 1.29 is 36.9 Å². The SMILES string of the molecule is CCO[C@@H]1C=C[C@H](OC(=O)C(F)(F)F)[C@@H](COCc2ccccc2)O1. The van der Waals surface area contributed by atoms with Crippen molar-refractivity contribution >= 4 is 5.97 Å². The molecule has 0 saturated carbocycles. The van der Waals surface area contributed by atoms with Crippen LogP contribution in [0.4, 0.5) is 13.2 Å². The highest BCUT2D eigenvalue weighted by Gasteiger charge is 2.44. The van der Waals surface area contributed by atoms with Gasteiger partial charge in [-0.05, 0) is 24.6 Å². The summed E-state index contributed by atoms with van der Waals surface area (Å²) in [6.45, 7) is 2.32. The summed E-state index contributed by atoms with van der Waals surface area (Å²) in [4.78, 5) is 11.1. The van der Waals surface area contributed by atoms with Crippen molar-refractivity contribution in [2.75, 3.05) is 13.2 Å². The normalized spacial score (nSPS) is 23.4. The minimum absolute atomic E-state index is 0.0569. The maximum atomic E-state index is 12.4. The number of hydrogen-bond donors (Lipinski definition) is 0. The van der Waals surface area contributed by atoms with Crippen LogP contribution in [-0.2, 0) is 30.3 Å². The third-order valence-corrected chi connectivity index (χ3v) is 3.33. The molecule has 1 aromatic carbocycles. The first-order valence-electron chi connectivity index (χ1n) is 7.75. The highest BCUT2D eigenvalue weighted by Crippen LogP contribution is 2.23. The van der Waals surface area contributed by atoms with E-state index in [2.05, 4.69) is 4.74 Å². The van der Waals surface area contributed by atoms with E-state index >= 15 is 0 Å². The standard InChI is InChI=1S/C17H19F3O5/c1-2-23-15-9-8-13(25-16(21)17(18,19)20)14(24-15)11-22-10-12-6-4-3-5-7-12/h3-9,13-15H,2,10-11H2,1H3/t13-,14+,15-/m0/s1. The van der Waals surface area contributed by atoms with Crippen molar-refractivity contribution in [3.05, 3.63) is 48.0 Å². The fourth-order valence-electron chi connectivity index (χ4n) is 2.19. The number of carbonyl (C=O) groups excluding carboxylic acids is 1. The van der Waals surface area contributed by atoms with Crippen molar-refractivity contribution in [2.24, 2.45) is 0 Å². The Labute approximate surface area is 143 Å². The van der Waals surface area contributed by atoms with Crippen LogP contribution >= 0.6 is 0 Å². The van der Waals surface area contributed by atoms with Gasteiger partial charge in [0.1, 0.15) is 12.2 Å². The number of esters is 1. The van der Waals surface area contributed by atoms with Crippen molar-refractivity contribution in [1.82, 2.24) is 0 Å². The van der Waals surface area contributed by atoms with E-state index in [-0.39, 0.29) is 13.2 Å². The summed E-state index contributed by atoms with van der Waals surface area (Å²) in [5.74, 6) is -2.27. The van der Waals surface area contributed by atoms with E-state index in [1.165, 1.54) is 12.2 Å². The van der Waals surface area contributed by atoms with E-state index in [4.69, 9.17) is 14.2 Å². The lowest BCUT2D eigenvalue weighted by Gasteiger charge is -2.31. The summed E-state index contributed by atoms with van der Waals surface area (Å²) >= 11 is 0. The van der Waals surface area contributed by atoms with Crippen molar-refractivity contribution in [1.29, 1.82) is 0 Å². The molecule has 2 rings (SSSR count). The Hall–Kier alpha value is -1.90. The molecule has 1 aromatic rings. The lowest BCUT2D eigenvalue weighted by Crippen LogP contribution is -2.44. The first-order valence-corrected chi connectivity index (χ1v) is 7.75. The van der Waals surface area contributed by atoms with Gasteiger partial charge in [-0.1, -0.05) is 30.3 Å². The molecule has 0 spiro atoms. The minimum atomic E-state index is -5.07. The lowest BCUT2D eigenvalue weighted by atomic mass is 10.1. The molecule has 0 amide bonds. The number of rotatable bonds is 7. The Morgan fingerprint density at radius 1 is 1.20 bits per heavy atom. The number of ether oxygens (including phenoxy) is 4. The third-order valence-electron chi connectivity index (χ3n) is 3.33. The van der Waals surface area contributed by atoms with Crippen molar-refractivity contribution in [3.8, 4) is 0 Å². The summed E-state index contributed by atoms with van der Waals surface area (Å²) in [5, 5.41) is 0. The minimum Gasteiger partial charge on any atom is -0.449 e. The van der Waals surface area contributed by atoms with Gasteiger partial charge in [0.2, 0.25) is 0 Å². The molecule has 0 saturated heterocycles. The topological polar surface area (TPSA) is 54.0 Å². The van der Waals surface area contributed by atoms with Crippen LogP contribution in [0.2, 0.25) is 0 Å². The van der Waals surface area contributed by atoms with E-state index in [9.17, 15) is 18.0 Å². The molecular formula is C17H19F3O5. The largest absolute Gasteiger partial charge is 0.490 e. The predicted octanol–water partition coefficient (Wildman–Crippen LogP) is 2.99. The maximum absolute atomic E-state index is 12.4. The van der Waals surface area contributed by atoms with Gasteiger partial charge in [0.05, 0.1) is 13.2 Å². The smallest absolute Gasteiger partial charge is 0.449 e. The zero-order valence-corrected chi connectivity index (χ0v) is 13.6. The zero-order valence-electron chi connectivity index (χ0n) is 13.6. The van der Waals surface area contributed by atoms with Crippen LogP contribution in [0.3, 0.4) is 0 Å². The lowest BCUT2D eigenvalue weighted by molar-refractivity contribution is -0.222. The van der Waals surface area contributed by atoms with Crippen LogP contribution in [0.15, 0.2) is 42.5 Å². The molecule has 0 fully saturated rings. The number of benzene rings is 1. The Bertz CT molecular complexity index is 573. The van der Waals surface area contributed by atoms with Crippen LogP contribution in [0.25, 0.3) is 0 Å². The van der Waals surface area contributed by atoms with Gasteiger partial charge < -0.3 is 18.9 Å². The highest BCUT2D eigenvalue weighted by molar-refractivity contribution is 5.76. The van der Waals surface area contributed by atoms with E-state index in [0.29, 0.717) is 6.61 Å². The molecular weight excluding hydrogens is 341 g/mol. The molecule has 8 heteroatoms. The fourth-order valence-corrected chi connectivity index (χ4v) is 2.19. The van der Waals surface area contributed by atoms with Crippen molar-refractivity contribution in [2.45, 2.75) is 38.2 Å². The van der Waals surface area contributed by atoms with E-state index in [1.807, 2.05) is 30.3 Å². The Morgan fingerprint density at radius 2 is 1.92 bits per heavy atom. The van der Waals surface area contributed by atoms with Gasteiger partial charge in [-0.15, -0.1) is 0 Å². The van der Waals surface area contributed by atoms with E-state index < -0.39 is 30.6 Å². The summed E-state index contributed by atoms with van der Waals surface area (Å²) in [6.07, 6.45) is -5.18. The van der Waals surface area contributed by atoms with Crippen LogP contribution in [0, 0.1) is 0 Å². The second-order valence-electron chi connectivity index (χ2n) is 5.25. The fraction of sp³-hybridized carbons (Fsp3) is 0.471. The molecule has 1 aliphatic heterocycles. The zero-order chi connectivity index (χ0) is 18.3. The van der Waals surface area contributed by atoms with Crippen LogP contribution in [0.5, 0.6) is 0 Å². The molecule has 1 aliphatic rings. The summed E-state index contributed by atoms with van der Waals surface area (Å²) in [5.41, 5.74) is 0.902. The number of hydrogen-bond acceptors (Lipinski definition) is 5. The van der Waals surface area contributed by atoms with Gasteiger partial charge in [0.15, 0.2) is 6.29 Å². The molecule has 3 atom stereocenters. The van der Waals surface area contributed by atoms with Crippen molar-refractivity contribution in [3.63, 3.8) is 0 Å². The maximum Gasteiger partial charge on any atom is 0.490 e. The summed E-state index contributed by atoms with van der Waals surface area (Å²) in [6, 6.07) is 9.25. The van der Waals surface area contributed by atoms with Gasteiger partial charge >= 0.3 is 12.1 Å². The second-order valence-corrected chi connectivity index (χ2v) is 5.25. The van der Waals surface area contributed by atoms with E-state index in [1.54, 1.807) is 6.92 Å². The molecule has 25 heavy (non-hydrogen) atoms. The molecule has 0 unspecified atom stereocenters. The van der Waals surface area contributed by atoms with Crippen LogP contribution in [-0.4, -0.2) is 43.9 Å². The molecule has 1 heterocycles. The average molecular weight is 360 g/mol. The van der Waals surface area contributed by atoms with Gasteiger partial charge in [-0.25, -0.2) is 4.79 Å². The van der Waals surface area contributed by atoms with Gasteiger partial charge in [0, 0.05) is 6.61 Å². The second kappa shape index (κ2) is 8.98. The first kappa shape index (κ1) is 19.4. The molecule has 5 nitrogen and oxygen atoms in total. The molecule has 138 valence electrons. The Kier molecular flexibility index (Phi) is 6.98. The third kappa shape index (κ3) is 6.15. The van der Waals surface area contributed by atoms with Gasteiger partial charge in [-0.3, -0.25) is 0 Å². The summed E-state index contributed by atoms with van der Waals surface area (Å²) in [7, 11) is 0. The number of halogens is 3. The van der Waals surface area contributed by atoms with Gasteiger partial charge in [-0.2, -0.15) is 13.2 Å². The highest BCUT2D eigenvalue weighted by atomic mass is 19.4. The molecule has 0 aromatic heterocycles. The molecule has 0 N–H and O–H groups in total. The molecule has 0 aliphatic carbocycles. The Morgan fingerprint density at radius 3 is 2.56 bits per heavy atom. The molecule has 0 bridgehead atoms. The monoisotopic (exact) mass is 360 g/mol. The summed E-state index contributed by atoms with van der Waals surface area (Å²) < 4.78 is 58.0. The quantitative estimate of drug-likeness (QED) is 0.553. The van der Waals surface area contributed by atoms with E-state index in [0.717, 1.165) is 5.56 Å². The first-order chi connectivity index (χ1) is 11.9. The number of alkyl halides is 3. The predicted molar refractivity (Wildman–Crippen MR) is 81.5 cm³/mol. The Balaban J connectivity index is 1.96.